The van der Waals surface area contributed by atoms with E-state index in [4.69, 9.17) is 9.47 Å². The molecule has 5 nitrogen and oxygen atoms in total. The predicted octanol–water partition coefficient (Wildman–Crippen LogP) is 3.42. The number of nitrogens with one attached hydrogen (secondary N) is 2. The van der Waals surface area contributed by atoms with Gasteiger partial charge in [0.15, 0.2) is 0 Å². The number of hydrogen-bond acceptors (Lipinski definition) is 3. The van der Waals surface area contributed by atoms with E-state index in [-0.39, 0.29) is 6.03 Å². The van der Waals surface area contributed by atoms with Crippen LogP contribution in [0.4, 0.5) is 10.5 Å². The van der Waals surface area contributed by atoms with Gasteiger partial charge in [-0.05, 0) is 48.9 Å². The Bertz CT molecular complexity index is 594. The van der Waals surface area contributed by atoms with Crippen molar-refractivity contribution in [1.29, 1.82) is 0 Å². The van der Waals surface area contributed by atoms with Crippen LogP contribution in [-0.4, -0.2) is 19.7 Å². The third-order valence-electron chi connectivity index (χ3n) is 3.04. The van der Waals surface area contributed by atoms with Crippen molar-refractivity contribution in [3.05, 3.63) is 54.1 Å². The summed E-state index contributed by atoms with van der Waals surface area (Å²) >= 11 is 0. The number of methoxy groups -OCH3 is 1. The first-order valence-electron chi connectivity index (χ1n) is 7.12. The van der Waals surface area contributed by atoms with Gasteiger partial charge in [-0.1, -0.05) is 12.1 Å². The molecule has 2 aromatic carbocycles. The van der Waals surface area contributed by atoms with Gasteiger partial charge in [0.05, 0.1) is 13.7 Å². The lowest BCUT2D eigenvalue weighted by atomic mass is 10.2. The zero-order chi connectivity index (χ0) is 15.8. The molecule has 0 spiro atoms. The number of rotatable bonds is 6. The fourth-order valence-corrected chi connectivity index (χ4v) is 1.90. The topological polar surface area (TPSA) is 59.6 Å². The SMILES string of the molecule is CCOc1ccc(NC(=O)NCc2ccc(OC)cc2)cc1. The first kappa shape index (κ1) is 15.7. The lowest BCUT2D eigenvalue weighted by molar-refractivity contribution is 0.251. The van der Waals surface area contributed by atoms with Gasteiger partial charge in [0, 0.05) is 12.2 Å². The summed E-state index contributed by atoms with van der Waals surface area (Å²) in [6.45, 7) is 3.00. The lowest BCUT2D eigenvalue weighted by Crippen LogP contribution is -2.28. The highest BCUT2D eigenvalue weighted by Crippen LogP contribution is 2.15. The van der Waals surface area contributed by atoms with Crippen LogP contribution in [0.5, 0.6) is 11.5 Å². The highest BCUT2D eigenvalue weighted by atomic mass is 16.5. The van der Waals surface area contributed by atoms with Crippen molar-refractivity contribution < 1.29 is 14.3 Å². The number of benzene rings is 2. The molecule has 0 aromatic heterocycles. The fraction of sp³-hybridized carbons (Fsp3) is 0.235. The van der Waals surface area contributed by atoms with Crippen LogP contribution in [0.1, 0.15) is 12.5 Å². The number of carbonyl (C=O) groups is 1. The Morgan fingerprint density at radius 1 is 1.00 bits per heavy atom. The van der Waals surface area contributed by atoms with E-state index in [9.17, 15) is 4.79 Å². The van der Waals surface area contributed by atoms with Crippen LogP contribution in [0.25, 0.3) is 0 Å². The Hall–Kier alpha value is -2.69. The van der Waals surface area contributed by atoms with Crippen molar-refractivity contribution in [2.75, 3.05) is 19.0 Å². The molecular formula is C17H20N2O3. The molecule has 2 aromatic rings. The molecule has 0 aliphatic heterocycles. The minimum Gasteiger partial charge on any atom is -0.497 e. The van der Waals surface area contributed by atoms with E-state index in [0.29, 0.717) is 13.2 Å². The summed E-state index contributed by atoms with van der Waals surface area (Å²) in [6, 6.07) is 14.6. The highest BCUT2D eigenvalue weighted by Gasteiger charge is 2.02. The monoisotopic (exact) mass is 300 g/mol. The van der Waals surface area contributed by atoms with Crippen molar-refractivity contribution in [3.63, 3.8) is 0 Å². The van der Waals surface area contributed by atoms with Crippen LogP contribution >= 0.6 is 0 Å². The molecule has 2 rings (SSSR count). The molecule has 116 valence electrons. The van der Waals surface area contributed by atoms with Gasteiger partial charge in [-0.25, -0.2) is 4.79 Å². The minimum absolute atomic E-state index is 0.250. The van der Waals surface area contributed by atoms with Crippen LogP contribution in [0.3, 0.4) is 0 Å². The van der Waals surface area contributed by atoms with Crippen molar-refractivity contribution in [1.82, 2.24) is 5.32 Å². The molecule has 0 bridgehead atoms. The molecule has 2 amide bonds. The molecular weight excluding hydrogens is 280 g/mol. The maximum Gasteiger partial charge on any atom is 0.319 e. The molecule has 5 heteroatoms. The molecule has 0 aliphatic carbocycles. The van der Waals surface area contributed by atoms with E-state index in [2.05, 4.69) is 10.6 Å². The van der Waals surface area contributed by atoms with Crippen LogP contribution in [0.15, 0.2) is 48.5 Å². The second-order valence-electron chi connectivity index (χ2n) is 4.61. The average molecular weight is 300 g/mol. The summed E-state index contributed by atoms with van der Waals surface area (Å²) in [7, 11) is 1.62. The Balaban J connectivity index is 1.81. The highest BCUT2D eigenvalue weighted by molar-refractivity contribution is 5.89. The molecule has 0 fully saturated rings. The Morgan fingerprint density at radius 3 is 2.23 bits per heavy atom. The number of anilines is 1. The summed E-state index contributed by atoms with van der Waals surface area (Å²) in [6.07, 6.45) is 0. The van der Waals surface area contributed by atoms with Gasteiger partial charge in [0.1, 0.15) is 11.5 Å². The van der Waals surface area contributed by atoms with Gasteiger partial charge >= 0.3 is 6.03 Å². The molecule has 0 saturated heterocycles. The van der Waals surface area contributed by atoms with Crippen molar-refractivity contribution in [3.8, 4) is 11.5 Å². The van der Waals surface area contributed by atoms with Crippen molar-refractivity contribution >= 4 is 11.7 Å². The third-order valence-corrected chi connectivity index (χ3v) is 3.04. The molecule has 0 unspecified atom stereocenters. The number of carbonyl (C=O) groups excluding carboxylic acids is 1. The molecule has 0 heterocycles. The molecule has 0 atom stereocenters. The smallest absolute Gasteiger partial charge is 0.319 e. The second-order valence-corrected chi connectivity index (χ2v) is 4.61. The summed E-state index contributed by atoms with van der Waals surface area (Å²) in [4.78, 5) is 11.8. The molecule has 0 saturated carbocycles. The zero-order valence-corrected chi connectivity index (χ0v) is 12.8. The Labute approximate surface area is 130 Å². The van der Waals surface area contributed by atoms with Gasteiger partial charge in [-0.3, -0.25) is 0 Å². The van der Waals surface area contributed by atoms with E-state index in [1.54, 1.807) is 19.2 Å². The van der Waals surface area contributed by atoms with Gasteiger partial charge in [0.25, 0.3) is 0 Å². The van der Waals surface area contributed by atoms with Gasteiger partial charge < -0.3 is 20.1 Å². The number of ether oxygens (including phenoxy) is 2. The van der Waals surface area contributed by atoms with Crippen LogP contribution in [0.2, 0.25) is 0 Å². The van der Waals surface area contributed by atoms with Gasteiger partial charge in [-0.2, -0.15) is 0 Å². The van der Waals surface area contributed by atoms with Crippen LogP contribution in [0, 0.1) is 0 Å². The predicted molar refractivity (Wildman–Crippen MR) is 86.5 cm³/mol. The van der Waals surface area contributed by atoms with Gasteiger partial charge in [0.2, 0.25) is 0 Å². The van der Waals surface area contributed by atoms with E-state index >= 15 is 0 Å². The molecule has 22 heavy (non-hydrogen) atoms. The normalized spacial score (nSPS) is 9.91. The Morgan fingerprint density at radius 2 is 1.64 bits per heavy atom. The maximum atomic E-state index is 11.8. The van der Waals surface area contributed by atoms with E-state index in [0.717, 1.165) is 22.7 Å². The van der Waals surface area contributed by atoms with Crippen molar-refractivity contribution in [2.24, 2.45) is 0 Å². The number of hydrogen-bond donors (Lipinski definition) is 2. The second kappa shape index (κ2) is 7.93. The van der Waals surface area contributed by atoms with E-state index in [1.807, 2.05) is 43.3 Å². The lowest BCUT2D eigenvalue weighted by Gasteiger charge is -2.09. The first-order chi connectivity index (χ1) is 10.7. The fourth-order valence-electron chi connectivity index (χ4n) is 1.90. The van der Waals surface area contributed by atoms with Crippen molar-refractivity contribution in [2.45, 2.75) is 13.5 Å². The van der Waals surface area contributed by atoms with Crippen LogP contribution in [-0.2, 0) is 6.54 Å². The summed E-state index contributed by atoms with van der Waals surface area (Å²) in [5, 5.41) is 5.58. The standard InChI is InChI=1S/C17H20N2O3/c1-3-22-16-10-6-14(7-11-16)19-17(20)18-12-13-4-8-15(21-2)9-5-13/h4-11H,3,12H2,1-2H3,(H2,18,19,20). The zero-order valence-electron chi connectivity index (χ0n) is 12.8. The number of urea groups is 1. The quantitative estimate of drug-likeness (QED) is 0.859. The largest absolute Gasteiger partial charge is 0.497 e. The summed E-state index contributed by atoms with van der Waals surface area (Å²) in [5.41, 5.74) is 1.72. The minimum atomic E-state index is -0.250. The van der Waals surface area contributed by atoms with E-state index < -0.39 is 0 Å². The van der Waals surface area contributed by atoms with E-state index in [1.165, 1.54) is 0 Å². The third kappa shape index (κ3) is 4.70. The maximum absolute atomic E-state index is 11.8. The summed E-state index contributed by atoms with van der Waals surface area (Å²) in [5.74, 6) is 1.58. The molecule has 2 N–H and O–H groups in total. The van der Waals surface area contributed by atoms with Crippen LogP contribution < -0.4 is 20.1 Å². The first-order valence-corrected chi connectivity index (χ1v) is 7.12. The van der Waals surface area contributed by atoms with Gasteiger partial charge in [-0.15, -0.1) is 0 Å². The summed E-state index contributed by atoms with van der Waals surface area (Å²) < 4.78 is 10.4. The average Bonchev–Trinajstić information content (AvgIpc) is 2.55. The Kier molecular flexibility index (Phi) is 5.65. The molecule has 0 aliphatic rings. The molecule has 0 radical (unpaired) electrons. The number of amides is 2.